The average Bonchev–Trinajstić information content (AvgIpc) is 2.23. The van der Waals surface area contributed by atoms with Gasteiger partial charge in [0.2, 0.25) is 17.7 Å². The van der Waals surface area contributed by atoms with Gasteiger partial charge < -0.3 is 16.4 Å². The molecule has 0 aliphatic carbocycles. The van der Waals surface area contributed by atoms with Gasteiger partial charge >= 0.3 is 0 Å². The number of rotatable bonds is 7. The third kappa shape index (κ3) is 16.1. The van der Waals surface area contributed by atoms with Gasteiger partial charge in [-0.2, -0.15) is 0 Å². The standard InChI is InChI=1S/C10H18N2O3.C2H5NO/c1-3-6-12(7-8(2)13)10(15)5-4-9(11)14;1-2(3)4/h3-7H2,1-2H3,(H2,11,14);1H3,(H2,3,4). The Balaban J connectivity index is 0. The predicted molar refractivity (Wildman–Crippen MR) is 70.8 cm³/mol. The minimum Gasteiger partial charge on any atom is -0.370 e. The smallest absolute Gasteiger partial charge is 0.223 e. The number of carbonyl (C=O) groups excluding carboxylic acids is 4. The third-order valence-corrected chi connectivity index (χ3v) is 1.85. The fourth-order valence-electron chi connectivity index (χ4n) is 1.22. The molecule has 0 bridgehead atoms. The number of ketones is 1. The first-order valence-corrected chi connectivity index (χ1v) is 6.02. The largest absolute Gasteiger partial charge is 0.370 e. The number of carbonyl (C=O) groups is 4. The Morgan fingerprint density at radius 2 is 1.47 bits per heavy atom. The van der Waals surface area contributed by atoms with Crippen molar-refractivity contribution >= 4 is 23.5 Å². The molecule has 0 aromatic carbocycles. The molecule has 19 heavy (non-hydrogen) atoms. The van der Waals surface area contributed by atoms with Gasteiger partial charge in [0.05, 0.1) is 6.54 Å². The predicted octanol–water partition coefficient (Wildman–Crippen LogP) is -0.429. The first-order chi connectivity index (χ1) is 8.70. The maximum absolute atomic E-state index is 11.5. The van der Waals surface area contributed by atoms with Crippen LogP contribution in [0.3, 0.4) is 0 Å². The zero-order valence-corrected chi connectivity index (χ0v) is 11.8. The lowest BCUT2D eigenvalue weighted by atomic mass is 10.2. The summed E-state index contributed by atoms with van der Waals surface area (Å²) in [4.78, 5) is 43.6. The molecule has 0 spiro atoms. The van der Waals surface area contributed by atoms with Crippen LogP contribution in [-0.4, -0.2) is 41.5 Å². The van der Waals surface area contributed by atoms with E-state index in [1.807, 2.05) is 6.92 Å². The number of hydrogen-bond acceptors (Lipinski definition) is 4. The first-order valence-electron chi connectivity index (χ1n) is 6.02. The Hall–Kier alpha value is -1.92. The number of hydrogen-bond donors (Lipinski definition) is 2. The van der Waals surface area contributed by atoms with Crippen molar-refractivity contribution in [1.82, 2.24) is 4.90 Å². The van der Waals surface area contributed by atoms with E-state index in [-0.39, 0.29) is 37.0 Å². The summed E-state index contributed by atoms with van der Waals surface area (Å²) in [5.41, 5.74) is 9.41. The highest BCUT2D eigenvalue weighted by atomic mass is 16.2. The fraction of sp³-hybridized carbons (Fsp3) is 0.667. The summed E-state index contributed by atoms with van der Waals surface area (Å²) in [6.07, 6.45) is 0.912. The summed E-state index contributed by atoms with van der Waals surface area (Å²) >= 11 is 0. The molecule has 0 atom stereocenters. The van der Waals surface area contributed by atoms with Crippen LogP contribution in [0.5, 0.6) is 0 Å². The van der Waals surface area contributed by atoms with Crippen molar-refractivity contribution in [3.63, 3.8) is 0 Å². The van der Waals surface area contributed by atoms with E-state index in [1.165, 1.54) is 18.7 Å². The van der Waals surface area contributed by atoms with Crippen LogP contribution in [0.1, 0.15) is 40.0 Å². The molecule has 7 nitrogen and oxygen atoms in total. The molecular formula is C12H23N3O4. The molecule has 110 valence electrons. The highest BCUT2D eigenvalue weighted by Gasteiger charge is 2.14. The van der Waals surface area contributed by atoms with Crippen LogP contribution in [0.2, 0.25) is 0 Å². The molecule has 0 radical (unpaired) electrons. The van der Waals surface area contributed by atoms with Gasteiger partial charge in [-0.3, -0.25) is 19.2 Å². The Kier molecular flexibility index (Phi) is 11.4. The Bertz CT molecular complexity index is 325. The monoisotopic (exact) mass is 273 g/mol. The molecule has 0 aliphatic heterocycles. The van der Waals surface area contributed by atoms with E-state index in [1.54, 1.807) is 0 Å². The first kappa shape index (κ1) is 19.4. The molecule has 4 N–H and O–H groups in total. The van der Waals surface area contributed by atoms with Crippen molar-refractivity contribution in [2.75, 3.05) is 13.1 Å². The van der Waals surface area contributed by atoms with E-state index in [2.05, 4.69) is 5.73 Å². The van der Waals surface area contributed by atoms with Crippen LogP contribution in [0.25, 0.3) is 0 Å². The van der Waals surface area contributed by atoms with Crippen molar-refractivity contribution in [2.24, 2.45) is 11.5 Å². The van der Waals surface area contributed by atoms with Gasteiger partial charge in [0.1, 0.15) is 5.78 Å². The lowest BCUT2D eigenvalue weighted by molar-refractivity contribution is -0.136. The van der Waals surface area contributed by atoms with E-state index in [0.717, 1.165) is 6.42 Å². The summed E-state index contributed by atoms with van der Waals surface area (Å²) in [5, 5.41) is 0. The van der Waals surface area contributed by atoms with E-state index in [0.29, 0.717) is 6.54 Å². The summed E-state index contributed by atoms with van der Waals surface area (Å²) in [5.74, 6) is -1.08. The van der Waals surface area contributed by atoms with Gasteiger partial charge in [0.15, 0.2) is 0 Å². The molecule has 0 aromatic heterocycles. The number of nitrogens with two attached hydrogens (primary N) is 2. The van der Waals surface area contributed by atoms with Crippen LogP contribution in [0.15, 0.2) is 0 Å². The molecule has 0 saturated carbocycles. The van der Waals surface area contributed by atoms with Crippen molar-refractivity contribution < 1.29 is 19.2 Å². The Labute approximate surface area is 113 Å². The second-order valence-corrected chi connectivity index (χ2v) is 4.09. The number of Topliss-reactive ketones (excluding diaryl/α,β-unsaturated/α-hetero) is 1. The summed E-state index contributed by atoms with van der Waals surface area (Å²) in [6.45, 7) is 5.32. The molecule has 7 heteroatoms. The zero-order chi connectivity index (χ0) is 15.4. The maximum atomic E-state index is 11.5. The minimum atomic E-state index is -0.498. The zero-order valence-electron chi connectivity index (χ0n) is 11.8. The third-order valence-electron chi connectivity index (χ3n) is 1.85. The van der Waals surface area contributed by atoms with E-state index in [9.17, 15) is 19.2 Å². The molecule has 0 rings (SSSR count). The van der Waals surface area contributed by atoms with Crippen LogP contribution in [-0.2, 0) is 19.2 Å². The van der Waals surface area contributed by atoms with Crippen LogP contribution in [0.4, 0.5) is 0 Å². The molecule has 0 unspecified atom stereocenters. The summed E-state index contributed by atoms with van der Waals surface area (Å²) in [6, 6.07) is 0. The van der Waals surface area contributed by atoms with Crippen molar-refractivity contribution in [1.29, 1.82) is 0 Å². The van der Waals surface area contributed by atoms with Crippen molar-refractivity contribution in [3.05, 3.63) is 0 Å². The molecule has 0 heterocycles. The summed E-state index contributed by atoms with van der Waals surface area (Å²) < 4.78 is 0. The Morgan fingerprint density at radius 1 is 1.00 bits per heavy atom. The van der Waals surface area contributed by atoms with Gasteiger partial charge in [-0.25, -0.2) is 0 Å². The lowest BCUT2D eigenvalue weighted by Gasteiger charge is -2.20. The molecule has 0 fully saturated rings. The quantitative estimate of drug-likeness (QED) is 0.653. The average molecular weight is 273 g/mol. The molecule has 3 amide bonds. The van der Waals surface area contributed by atoms with Crippen LogP contribution < -0.4 is 11.5 Å². The van der Waals surface area contributed by atoms with Crippen molar-refractivity contribution in [3.8, 4) is 0 Å². The van der Waals surface area contributed by atoms with Crippen LogP contribution in [0, 0.1) is 0 Å². The number of primary amides is 2. The van der Waals surface area contributed by atoms with Gasteiger partial charge in [0.25, 0.3) is 0 Å². The maximum Gasteiger partial charge on any atom is 0.223 e. The second kappa shape index (κ2) is 11.2. The second-order valence-electron chi connectivity index (χ2n) is 4.09. The van der Waals surface area contributed by atoms with Gasteiger partial charge in [0, 0.05) is 26.3 Å². The highest BCUT2D eigenvalue weighted by Crippen LogP contribution is 1.99. The number of amides is 3. The van der Waals surface area contributed by atoms with Gasteiger partial charge in [-0.1, -0.05) is 6.92 Å². The van der Waals surface area contributed by atoms with E-state index >= 15 is 0 Å². The van der Waals surface area contributed by atoms with Gasteiger partial charge in [-0.05, 0) is 13.3 Å². The Morgan fingerprint density at radius 3 is 1.79 bits per heavy atom. The minimum absolute atomic E-state index is 0.0386. The van der Waals surface area contributed by atoms with E-state index < -0.39 is 5.91 Å². The van der Waals surface area contributed by atoms with E-state index in [4.69, 9.17) is 5.73 Å². The van der Waals surface area contributed by atoms with Crippen molar-refractivity contribution in [2.45, 2.75) is 40.0 Å². The molecular weight excluding hydrogens is 250 g/mol. The molecule has 0 aliphatic rings. The highest BCUT2D eigenvalue weighted by molar-refractivity contribution is 5.86. The number of nitrogens with zero attached hydrogens (tertiary/aromatic N) is 1. The summed E-state index contributed by atoms with van der Waals surface area (Å²) in [7, 11) is 0. The normalized spacial score (nSPS) is 9.00. The lowest BCUT2D eigenvalue weighted by Crippen LogP contribution is -2.36. The SMILES string of the molecule is CC(N)=O.CCCN(CC(C)=O)C(=O)CCC(N)=O. The molecule has 0 aromatic rings. The van der Waals surface area contributed by atoms with Crippen LogP contribution >= 0.6 is 0 Å². The fourth-order valence-corrected chi connectivity index (χ4v) is 1.22. The topological polar surface area (TPSA) is 124 Å². The van der Waals surface area contributed by atoms with Gasteiger partial charge in [-0.15, -0.1) is 0 Å². The molecule has 0 saturated heterocycles.